The van der Waals surface area contributed by atoms with Crippen LogP contribution in [0.3, 0.4) is 0 Å². The topological polar surface area (TPSA) is 91.5 Å². The molecule has 0 saturated carbocycles. The van der Waals surface area contributed by atoms with Gasteiger partial charge in [0.15, 0.2) is 11.4 Å². The molecule has 0 aliphatic carbocycles. The molecule has 1 unspecified atom stereocenters. The van der Waals surface area contributed by atoms with Gasteiger partial charge in [-0.25, -0.2) is 9.97 Å². The van der Waals surface area contributed by atoms with Crippen molar-refractivity contribution in [1.29, 1.82) is 0 Å². The normalized spacial score (nSPS) is 12.5. The van der Waals surface area contributed by atoms with Gasteiger partial charge in [0.1, 0.15) is 0 Å². The van der Waals surface area contributed by atoms with E-state index >= 15 is 0 Å². The van der Waals surface area contributed by atoms with E-state index in [1.54, 1.807) is 18.4 Å². The highest BCUT2D eigenvalue weighted by atomic mass is 16.5. The van der Waals surface area contributed by atoms with Crippen LogP contribution >= 0.6 is 0 Å². The summed E-state index contributed by atoms with van der Waals surface area (Å²) in [5.41, 5.74) is 9.55. The molecule has 0 saturated heterocycles. The molecule has 4 aromatic rings. The van der Waals surface area contributed by atoms with E-state index in [0.29, 0.717) is 29.8 Å². The van der Waals surface area contributed by atoms with Crippen molar-refractivity contribution in [3.63, 3.8) is 0 Å². The summed E-state index contributed by atoms with van der Waals surface area (Å²) < 4.78 is 12.6. The zero-order valence-corrected chi connectivity index (χ0v) is 16.0. The van der Waals surface area contributed by atoms with Crippen LogP contribution in [0, 0.1) is 5.92 Å². The number of nitrogen functional groups attached to an aromatic ring is 1. The van der Waals surface area contributed by atoms with Crippen molar-refractivity contribution in [3.8, 4) is 22.8 Å². The zero-order chi connectivity index (χ0) is 19.5. The van der Waals surface area contributed by atoms with E-state index in [9.17, 15) is 0 Å². The van der Waals surface area contributed by atoms with Gasteiger partial charge in [-0.2, -0.15) is 4.52 Å². The average Bonchev–Trinajstić information content (AvgIpc) is 3.38. The average molecular weight is 377 g/mol. The Morgan fingerprint density at radius 3 is 2.71 bits per heavy atom. The lowest BCUT2D eigenvalue weighted by Gasteiger charge is -2.10. The highest BCUT2D eigenvalue weighted by Crippen LogP contribution is 2.23. The van der Waals surface area contributed by atoms with Gasteiger partial charge in [0.25, 0.3) is 0 Å². The van der Waals surface area contributed by atoms with Gasteiger partial charge in [0, 0.05) is 18.2 Å². The first-order chi connectivity index (χ1) is 13.6. The third-order valence-corrected chi connectivity index (χ3v) is 4.71. The van der Waals surface area contributed by atoms with Gasteiger partial charge in [-0.15, -0.1) is 5.10 Å². The van der Waals surface area contributed by atoms with E-state index in [0.717, 1.165) is 29.8 Å². The van der Waals surface area contributed by atoms with Crippen molar-refractivity contribution in [1.82, 2.24) is 19.6 Å². The van der Waals surface area contributed by atoms with Crippen LogP contribution in [0.15, 0.2) is 53.1 Å². The van der Waals surface area contributed by atoms with E-state index in [1.165, 1.54) is 4.52 Å². The molecule has 0 aliphatic heterocycles. The van der Waals surface area contributed by atoms with Crippen molar-refractivity contribution >= 4 is 11.6 Å². The van der Waals surface area contributed by atoms with Gasteiger partial charge < -0.3 is 14.9 Å². The second-order valence-corrected chi connectivity index (χ2v) is 6.91. The number of furan rings is 1. The number of fused-ring (bicyclic) bond motifs is 1. The van der Waals surface area contributed by atoms with Crippen molar-refractivity contribution in [2.45, 2.75) is 26.9 Å². The molecule has 0 bridgehead atoms. The molecule has 0 spiro atoms. The largest absolute Gasteiger partial charge is 0.461 e. The smallest absolute Gasteiger partial charge is 0.223 e. The van der Waals surface area contributed by atoms with Gasteiger partial charge in [-0.3, -0.25) is 0 Å². The summed E-state index contributed by atoms with van der Waals surface area (Å²) in [5.74, 6) is 1.92. The quantitative estimate of drug-likeness (QED) is 0.519. The SMILES string of the molecule is CCC(C)COCc1ccc(-c2cc3nc(-c4ccco4)nn3c(N)n2)cc1. The number of ether oxygens (including phenoxy) is 1. The number of rotatable bonds is 7. The summed E-state index contributed by atoms with van der Waals surface area (Å²) in [7, 11) is 0. The highest BCUT2D eigenvalue weighted by Gasteiger charge is 2.13. The second kappa shape index (κ2) is 7.82. The fourth-order valence-electron chi connectivity index (χ4n) is 2.84. The van der Waals surface area contributed by atoms with Crippen molar-refractivity contribution in [3.05, 3.63) is 54.3 Å². The molecule has 144 valence electrons. The first-order valence-electron chi connectivity index (χ1n) is 9.38. The minimum absolute atomic E-state index is 0.277. The first kappa shape index (κ1) is 18.2. The summed E-state index contributed by atoms with van der Waals surface area (Å²) >= 11 is 0. The van der Waals surface area contributed by atoms with Gasteiger partial charge in [0.2, 0.25) is 11.8 Å². The van der Waals surface area contributed by atoms with Crippen molar-refractivity contribution < 1.29 is 9.15 Å². The third-order valence-electron chi connectivity index (χ3n) is 4.71. The van der Waals surface area contributed by atoms with Crippen LogP contribution in [0.5, 0.6) is 0 Å². The Kier molecular flexibility index (Phi) is 5.08. The predicted molar refractivity (Wildman–Crippen MR) is 107 cm³/mol. The molecule has 7 heteroatoms. The van der Waals surface area contributed by atoms with Crippen LogP contribution in [0.1, 0.15) is 25.8 Å². The van der Waals surface area contributed by atoms with Crippen LogP contribution in [0.4, 0.5) is 5.95 Å². The molecule has 3 heterocycles. The summed E-state index contributed by atoms with van der Waals surface area (Å²) in [4.78, 5) is 8.97. The maximum absolute atomic E-state index is 6.10. The Labute approximate surface area is 163 Å². The van der Waals surface area contributed by atoms with Crippen molar-refractivity contribution in [2.24, 2.45) is 5.92 Å². The first-order valence-corrected chi connectivity index (χ1v) is 9.38. The number of hydrogen-bond donors (Lipinski definition) is 1. The molecule has 1 aromatic carbocycles. The lowest BCUT2D eigenvalue weighted by atomic mass is 10.1. The fraction of sp³-hybridized carbons (Fsp3) is 0.286. The van der Waals surface area contributed by atoms with Crippen molar-refractivity contribution in [2.75, 3.05) is 12.3 Å². The van der Waals surface area contributed by atoms with E-state index in [2.05, 4.69) is 28.9 Å². The maximum Gasteiger partial charge on any atom is 0.223 e. The van der Waals surface area contributed by atoms with E-state index in [1.807, 2.05) is 30.3 Å². The molecule has 0 amide bonds. The minimum atomic E-state index is 0.277. The molecule has 0 radical (unpaired) electrons. The summed E-state index contributed by atoms with van der Waals surface area (Å²) in [6.07, 6.45) is 2.71. The Morgan fingerprint density at radius 2 is 2.00 bits per heavy atom. The Hall–Kier alpha value is -3.19. The Morgan fingerprint density at radius 1 is 1.18 bits per heavy atom. The lowest BCUT2D eigenvalue weighted by Crippen LogP contribution is -2.04. The van der Waals surface area contributed by atoms with Crippen LogP contribution in [-0.4, -0.2) is 26.2 Å². The molecule has 0 aliphatic rings. The molecular formula is C21H23N5O2. The highest BCUT2D eigenvalue weighted by molar-refractivity contribution is 5.66. The van der Waals surface area contributed by atoms with Crippen LogP contribution in [0.25, 0.3) is 28.5 Å². The second-order valence-electron chi connectivity index (χ2n) is 6.91. The maximum atomic E-state index is 6.10. The standard InChI is InChI=1S/C21H23N5O2/c1-3-14(2)12-27-13-15-6-8-16(9-7-15)17-11-19-24-20(18-5-4-10-28-18)25-26(19)21(22)23-17/h4-11,14H,3,12-13H2,1-2H3,(H2,22,23). The molecule has 0 fully saturated rings. The molecule has 3 aromatic heterocycles. The number of nitrogens with zero attached hydrogens (tertiary/aromatic N) is 4. The van der Waals surface area contributed by atoms with E-state index in [-0.39, 0.29) is 5.95 Å². The number of benzene rings is 1. The number of aromatic nitrogens is 4. The minimum Gasteiger partial charge on any atom is -0.461 e. The predicted octanol–water partition coefficient (Wildman–Crippen LogP) is 4.20. The molecule has 28 heavy (non-hydrogen) atoms. The van der Waals surface area contributed by atoms with Crippen LogP contribution < -0.4 is 5.73 Å². The van der Waals surface area contributed by atoms with Gasteiger partial charge in [0.05, 0.1) is 18.6 Å². The van der Waals surface area contributed by atoms with Crippen LogP contribution in [-0.2, 0) is 11.3 Å². The number of nitrogens with two attached hydrogens (primary N) is 1. The van der Waals surface area contributed by atoms with E-state index in [4.69, 9.17) is 14.9 Å². The number of anilines is 1. The molecule has 1 atom stereocenters. The summed E-state index contributed by atoms with van der Waals surface area (Å²) in [6, 6.07) is 13.6. The van der Waals surface area contributed by atoms with Gasteiger partial charge in [-0.05, 0) is 23.6 Å². The van der Waals surface area contributed by atoms with E-state index < -0.39 is 0 Å². The Balaban J connectivity index is 1.55. The van der Waals surface area contributed by atoms with Gasteiger partial charge in [-0.1, -0.05) is 44.5 Å². The molecule has 4 rings (SSSR count). The fourth-order valence-corrected chi connectivity index (χ4v) is 2.84. The summed E-state index contributed by atoms with van der Waals surface area (Å²) in [5, 5.41) is 4.37. The van der Waals surface area contributed by atoms with Crippen LogP contribution in [0.2, 0.25) is 0 Å². The molecular weight excluding hydrogens is 354 g/mol. The Bertz CT molecular complexity index is 1050. The lowest BCUT2D eigenvalue weighted by molar-refractivity contribution is 0.0910. The summed E-state index contributed by atoms with van der Waals surface area (Å²) in [6.45, 7) is 5.75. The zero-order valence-electron chi connectivity index (χ0n) is 16.0. The number of hydrogen-bond acceptors (Lipinski definition) is 6. The third kappa shape index (κ3) is 3.75. The molecule has 7 nitrogen and oxygen atoms in total. The molecule has 2 N–H and O–H groups in total. The monoisotopic (exact) mass is 377 g/mol. The van der Waals surface area contributed by atoms with Gasteiger partial charge >= 0.3 is 0 Å².